The maximum absolute atomic E-state index is 12.6. The Morgan fingerprint density at radius 2 is 1.92 bits per heavy atom. The van der Waals surface area contributed by atoms with Crippen LogP contribution in [-0.2, 0) is 0 Å². The van der Waals surface area contributed by atoms with Gasteiger partial charge >= 0.3 is 0 Å². The van der Waals surface area contributed by atoms with Crippen LogP contribution in [-0.4, -0.2) is 48.9 Å². The summed E-state index contributed by atoms with van der Waals surface area (Å²) in [6.07, 6.45) is 3.86. The van der Waals surface area contributed by atoms with Crippen molar-refractivity contribution in [2.24, 2.45) is 0 Å². The molecule has 36 heavy (non-hydrogen) atoms. The molecule has 9 heteroatoms. The van der Waals surface area contributed by atoms with Gasteiger partial charge in [-0.2, -0.15) is 5.10 Å². The van der Waals surface area contributed by atoms with Gasteiger partial charge in [0, 0.05) is 28.6 Å². The molecule has 1 amide bonds. The SMILES string of the molecule is Cc1cc(-c2cnc3c(NCC(C)(C)O)cc(Sc4ccc(O)cc4)nn23)ccc1C(=O)NC1CC1. The molecule has 1 fully saturated rings. The van der Waals surface area contributed by atoms with E-state index in [0.29, 0.717) is 23.8 Å². The minimum Gasteiger partial charge on any atom is -0.508 e. The monoisotopic (exact) mass is 503 g/mol. The highest BCUT2D eigenvalue weighted by Gasteiger charge is 2.24. The third kappa shape index (κ3) is 5.47. The molecule has 1 aliphatic carbocycles. The molecule has 4 aromatic rings. The lowest BCUT2D eigenvalue weighted by atomic mass is 10.0. The Balaban J connectivity index is 1.53. The fourth-order valence-electron chi connectivity index (χ4n) is 3.84. The van der Waals surface area contributed by atoms with Crippen molar-refractivity contribution in [3.63, 3.8) is 0 Å². The number of amides is 1. The number of carbonyl (C=O) groups excluding carboxylic acids is 1. The summed E-state index contributed by atoms with van der Waals surface area (Å²) in [5.74, 6) is 0.167. The Bertz CT molecular complexity index is 1420. The fraction of sp³-hybridized carbons (Fsp3) is 0.296. The molecule has 186 valence electrons. The Labute approximate surface area is 213 Å². The van der Waals surface area contributed by atoms with E-state index in [4.69, 9.17) is 5.10 Å². The minimum absolute atomic E-state index is 0.0384. The van der Waals surface area contributed by atoms with Gasteiger partial charge in [0.2, 0.25) is 0 Å². The van der Waals surface area contributed by atoms with Crippen molar-refractivity contribution in [3.8, 4) is 17.0 Å². The molecule has 5 rings (SSSR count). The van der Waals surface area contributed by atoms with Crippen LogP contribution < -0.4 is 10.6 Å². The quantitative estimate of drug-likeness (QED) is 0.277. The number of aromatic nitrogens is 3. The third-order valence-electron chi connectivity index (χ3n) is 5.90. The summed E-state index contributed by atoms with van der Waals surface area (Å²) in [6, 6.07) is 14.9. The topological polar surface area (TPSA) is 112 Å². The molecule has 0 saturated heterocycles. The van der Waals surface area contributed by atoms with Crippen LogP contribution >= 0.6 is 11.8 Å². The number of aliphatic hydroxyl groups is 1. The number of aryl methyl sites for hydroxylation is 1. The first-order valence-electron chi connectivity index (χ1n) is 11.9. The predicted molar refractivity (Wildman–Crippen MR) is 141 cm³/mol. The van der Waals surface area contributed by atoms with Gasteiger partial charge in [-0.25, -0.2) is 9.50 Å². The number of phenols is 1. The van der Waals surface area contributed by atoms with Crippen LogP contribution in [0.15, 0.2) is 64.6 Å². The van der Waals surface area contributed by atoms with Gasteiger partial charge in [0.25, 0.3) is 5.91 Å². The van der Waals surface area contributed by atoms with E-state index in [1.54, 1.807) is 36.7 Å². The Morgan fingerprint density at radius 3 is 2.58 bits per heavy atom. The lowest BCUT2D eigenvalue weighted by molar-refractivity contribution is 0.0940. The number of anilines is 1. The van der Waals surface area contributed by atoms with Crippen molar-refractivity contribution in [1.82, 2.24) is 19.9 Å². The number of imidazole rings is 1. The summed E-state index contributed by atoms with van der Waals surface area (Å²) in [7, 11) is 0. The van der Waals surface area contributed by atoms with Gasteiger partial charge in [-0.05, 0) is 81.6 Å². The second-order valence-electron chi connectivity index (χ2n) is 9.81. The summed E-state index contributed by atoms with van der Waals surface area (Å²) in [6.45, 7) is 5.75. The number of nitrogens with zero attached hydrogens (tertiary/aromatic N) is 3. The first-order chi connectivity index (χ1) is 17.2. The zero-order valence-corrected chi connectivity index (χ0v) is 21.3. The number of fused-ring (bicyclic) bond motifs is 1. The maximum atomic E-state index is 12.6. The summed E-state index contributed by atoms with van der Waals surface area (Å²) in [5, 5.41) is 31.8. The van der Waals surface area contributed by atoms with Crippen LogP contribution in [0.3, 0.4) is 0 Å². The number of phenolic OH excluding ortho intramolecular Hbond substituents is 1. The van der Waals surface area contributed by atoms with Crippen molar-refractivity contribution in [2.75, 3.05) is 11.9 Å². The van der Waals surface area contributed by atoms with Crippen LogP contribution in [0, 0.1) is 6.92 Å². The van der Waals surface area contributed by atoms with Gasteiger partial charge in [0.15, 0.2) is 5.65 Å². The molecule has 1 aliphatic rings. The van der Waals surface area contributed by atoms with E-state index in [-0.39, 0.29) is 11.7 Å². The van der Waals surface area contributed by atoms with E-state index < -0.39 is 5.60 Å². The largest absolute Gasteiger partial charge is 0.508 e. The molecule has 0 aliphatic heterocycles. The molecule has 1 saturated carbocycles. The maximum Gasteiger partial charge on any atom is 0.251 e. The van der Waals surface area contributed by atoms with E-state index in [1.165, 1.54) is 11.8 Å². The van der Waals surface area contributed by atoms with Crippen molar-refractivity contribution in [3.05, 3.63) is 65.9 Å². The number of hydrogen-bond donors (Lipinski definition) is 4. The number of nitrogens with one attached hydrogen (secondary N) is 2. The molecule has 0 spiro atoms. The zero-order valence-electron chi connectivity index (χ0n) is 20.4. The first kappa shape index (κ1) is 24.1. The summed E-state index contributed by atoms with van der Waals surface area (Å²) >= 11 is 1.46. The average Bonchev–Trinajstić information content (AvgIpc) is 3.53. The van der Waals surface area contributed by atoms with Crippen LogP contribution in [0.2, 0.25) is 0 Å². The highest BCUT2D eigenvalue weighted by molar-refractivity contribution is 7.99. The predicted octanol–water partition coefficient (Wildman–Crippen LogP) is 4.64. The van der Waals surface area contributed by atoms with Gasteiger partial charge in [-0.3, -0.25) is 4.79 Å². The minimum atomic E-state index is -0.909. The van der Waals surface area contributed by atoms with Gasteiger partial charge in [0.1, 0.15) is 10.8 Å². The first-order valence-corrected chi connectivity index (χ1v) is 12.7. The average molecular weight is 504 g/mol. The molecule has 0 radical (unpaired) electrons. The smallest absolute Gasteiger partial charge is 0.251 e. The van der Waals surface area contributed by atoms with Crippen LogP contribution in [0.5, 0.6) is 5.75 Å². The lowest BCUT2D eigenvalue weighted by Crippen LogP contribution is -2.29. The van der Waals surface area contributed by atoms with E-state index >= 15 is 0 Å². The van der Waals surface area contributed by atoms with Crippen LogP contribution in [0.4, 0.5) is 5.69 Å². The molecule has 8 nitrogen and oxygen atoms in total. The number of carbonyl (C=O) groups is 1. The third-order valence-corrected chi connectivity index (χ3v) is 6.81. The Kier molecular flexibility index (Phi) is 6.36. The second-order valence-corrected chi connectivity index (χ2v) is 10.9. The van der Waals surface area contributed by atoms with Crippen LogP contribution in [0.1, 0.15) is 42.6 Å². The molecular formula is C27H29N5O3S. The summed E-state index contributed by atoms with van der Waals surface area (Å²) in [4.78, 5) is 18.1. The fourth-order valence-corrected chi connectivity index (χ4v) is 4.65. The van der Waals surface area contributed by atoms with E-state index in [9.17, 15) is 15.0 Å². The number of hydrogen-bond acceptors (Lipinski definition) is 7. The van der Waals surface area contributed by atoms with Crippen molar-refractivity contribution < 1.29 is 15.0 Å². The zero-order chi connectivity index (χ0) is 25.4. The normalized spacial score (nSPS) is 13.7. The summed E-state index contributed by atoms with van der Waals surface area (Å²) < 4.78 is 1.79. The van der Waals surface area contributed by atoms with E-state index in [2.05, 4.69) is 15.6 Å². The highest BCUT2D eigenvalue weighted by atomic mass is 32.2. The number of aromatic hydroxyl groups is 1. The number of rotatable bonds is 8. The standard InChI is InChI=1S/C27H29N5O3S/c1-16-12-17(4-11-21(16)26(34)30-18-5-6-18)23-14-28-25-22(29-15-27(2,3)35)13-24(31-32(23)25)36-20-9-7-19(33)8-10-20/h4,7-14,18,29,33,35H,5-6,15H2,1-3H3,(H,30,34). The molecule has 0 bridgehead atoms. The Morgan fingerprint density at radius 1 is 1.17 bits per heavy atom. The molecule has 2 aromatic carbocycles. The van der Waals surface area contributed by atoms with Gasteiger partial charge in [-0.1, -0.05) is 17.8 Å². The molecule has 2 heterocycles. The van der Waals surface area contributed by atoms with Crippen molar-refractivity contribution >= 4 is 29.0 Å². The molecule has 2 aromatic heterocycles. The van der Waals surface area contributed by atoms with Crippen LogP contribution in [0.25, 0.3) is 16.9 Å². The van der Waals surface area contributed by atoms with Gasteiger partial charge in [0.05, 0.1) is 23.2 Å². The van der Waals surface area contributed by atoms with Crippen molar-refractivity contribution in [2.45, 2.75) is 55.2 Å². The van der Waals surface area contributed by atoms with E-state index in [0.717, 1.165) is 45.3 Å². The molecule has 4 N–H and O–H groups in total. The number of benzene rings is 2. The highest BCUT2D eigenvalue weighted by Crippen LogP contribution is 2.33. The molecular weight excluding hydrogens is 474 g/mol. The van der Waals surface area contributed by atoms with Gasteiger partial charge in [-0.15, -0.1) is 0 Å². The Hall–Kier alpha value is -3.56. The lowest BCUT2D eigenvalue weighted by Gasteiger charge is -2.19. The molecule has 0 unspecified atom stereocenters. The van der Waals surface area contributed by atoms with Crippen molar-refractivity contribution in [1.29, 1.82) is 0 Å². The second kappa shape index (κ2) is 9.48. The van der Waals surface area contributed by atoms with Gasteiger partial charge < -0.3 is 20.8 Å². The van der Waals surface area contributed by atoms with E-state index in [1.807, 2.05) is 43.3 Å². The molecule has 0 atom stereocenters. The summed E-state index contributed by atoms with van der Waals surface area (Å²) in [5.41, 5.74) is 3.72.